The maximum Gasteiger partial charge on any atom is 0.237 e. The summed E-state index contributed by atoms with van der Waals surface area (Å²) in [6.45, 7) is 6.87. The fraction of sp³-hybridized carbons (Fsp3) is 0.643. The first-order valence-electron chi connectivity index (χ1n) is 6.67. The molecule has 19 heavy (non-hydrogen) atoms. The van der Waals surface area contributed by atoms with E-state index in [0.717, 1.165) is 24.5 Å². The topological polar surface area (TPSA) is 68.3 Å². The van der Waals surface area contributed by atoms with Gasteiger partial charge in [-0.2, -0.15) is 11.8 Å². The summed E-state index contributed by atoms with van der Waals surface area (Å²) >= 11 is 1.77. The van der Waals surface area contributed by atoms with Gasteiger partial charge < -0.3 is 15.5 Å². The maximum atomic E-state index is 11.6. The molecule has 1 amide bonds. The van der Waals surface area contributed by atoms with Crippen LogP contribution in [0.3, 0.4) is 0 Å². The SMILES string of the molecule is CCCNC(C)(CC(C)SCc1ccco1)C(N)=O. The zero-order valence-electron chi connectivity index (χ0n) is 11.9. The minimum absolute atomic E-state index is 0.286. The predicted octanol–water partition coefficient (Wildman–Crippen LogP) is 2.53. The highest BCUT2D eigenvalue weighted by Crippen LogP contribution is 2.25. The van der Waals surface area contributed by atoms with Crippen molar-refractivity contribution >= 4 is 17.7 Å². The highest BCUT2D eigenvalue weighted by Gasteiger charge is 2.32. The molecule has 0 spiro atoms. The van der Waals surface area contributed by atoms with Crippen LogP contribution in [0.2, 0.25) is 0 Å². The van der Waals surface area contributed by atoms with E-state index in [1.54, 1.807) is 18.0 Å². The molecule has 108 valence electrons. The molecule has 5 heteroatoms. The van der Waals surface area contributed by atoms with E-state index in [1.807, 2.05) is 19.1 Å². The number of carbonyl (C=O) groups is 1. The third-order valence-corrected chi connectivity index (χ3v) is 4.28. The van der Waals surface area contributed by atoms with Gasteiger partial charge in [-0.3, -0.25) is 4.79 Å². The summed E-state index contributed by atoms with van der Waals surface area (Å²) < 4.78 is 5.30. The van der Waals surface area contributed by atoms with Crippen molar-refractivity contribution in [2.45, 2.75) is 50.2 Å². The number of hydrogen-bond donors (Lipinski definition) is 2. The van der Waals surface area contributed by atoms with Gasteiger partial charge in [0.1, 0.15) is 5.76 Å². The number of furan rings is 1. The van der Waals surface area contributed by atoms with Gasteiger partial charge in [-0.05, 0) is 38.4 Å². The van der Waals surface area contributed by atoms with E-state index in [0.29, 0.717) is 11.7 Å². The normalized spacial score (nSPS) is 15.9. The second-order valence-corrected chi connectivity index (χ2v) is 6.45. The smallest absolute Gasteiger partial charge is 0.237 e. The molecule has 2 atom stereocenters. The first kappa shape index (κ1) is 16.1. The number of primary amides is 1. The van der Waals surface area contributed by atoms with E-state index >= 15 is 0 Å². The molecule has 0 aliphatic heterocycles. The molecule has 0 saturated carbocycles. The molecule has 0 fully saturated rings. The lowest BCUT2D eigenvalue weighted by Crippen LogP contribution is -2.54. The number of nitrogens with two attached hydrogens (primary N) is 1. The zero-order valence-corrected chi connectivity index (χ0v) is 12.8. The van der Waals surface area contributed by atoms with Crippen LogP contribution in [-0.4, -0.2) is 23.2 Å². The van der Waals surface area contributed by atoms with Crippen LogP contribution in [0.15, 0.2) is 22.8 Å². The Labute approximate surface area is 119 Å². The molecule has 0 aliphatic carbocycles. The van der Waals surface area contributed by atoms with Gasteiger partial charge in [-0.1, -0.05) is 13.8 Å². The summed E-state index contributed by atoms with van der Waals surface area (Å²) in [5.74, 6) is 1.49. The maximum absolute atomic E-state index is 11.6. The van der Waals surface area contributed by atoms with Gasteiger partial charge in [0, 0.05) is 5.25 Å². The summed E-state index contributed by atoms with van der Waals surface area (Å²) in [6.07, 6.45) is 3.38. The second-order valence-electron chi connectivity index (χ2n) is 5.03. The van der Waals surface area contributed by atoms with Crippen LogP contribution in [0.5, 0.6) is 0 Å². The third kappa shape index (κ3) is 5.28. The van der Waals surface area contributed by atoms with Crippen LogP contribution in [0.25, 0.3) is 0 Å². The monoisotopic (exact) mass is 284 g/mol. The predicted molar refractivity (Wildman–Crippen MR) is 80.0 cm³/mol. The largest absolute Gasteiger partial charge is 0.468 e. The van der Waals surface area contributed by atoms with Crippen LogP contribution in [0.1, 0.15) is 39.4 Å². The van der Waals surface area contributed by atoms with Gasteiger partial charge in [-0.15, -0.1) is 0 Å². The second kappa shape index (κ2) is 7.60. The molecule has 1 rings (SSSR count). The molecule has 0 saturated heterocycles. The van der Waals surface area contributed by atoms with Crippen LogP contribution in [0, 0.1) is 0 Å². The van der Waals surface area contributed by atoms with Crippen molar-refractivity contribution in [3.8, 4) is 0 Å². The molecular formula is C14H24N2O2S. The van der Waals surface area contributed by atoms with E-state index in [1.165, 1.54) is 0 Å². The first-order valence-corrected chi connectivity index (χ1v) is 7.71. The quantitative estimate of drug-likeness (QED) is 0.731. The van der Waals surface area contributed by atoms with Crippen molar-refractivity contribution in [3.05, 3.63) is 24.2 Å². The molecule has 1 heterocycles. The Bertz CT molecular complexity index is 381. The number of carbonyl (C=O) groups excluding carboxylic acids is 1. The molecule has 4 nitrogen and oxygen atoms in total. The average molecular weight is 284 g/mol. The Hall–Kier alpha value is -0.940. The van der Waals surface area contributed by atoms with Gasteiger partial charge in [-0.25, -0.2) is 0 Å². The van der Waals surface area contributed by atoms with E-state index in [2.05, 4.69) is 19.2 Å². The van der Waals surface area contributed by atoms with E-state index in [9.17, 15) is 4.79 Å². The summed E-state index contributed by atoms with van der Waals surface area (Å²) in [6, 6.07) is 3.85. The molecule has 1 aromatic heterocycles. The Morgan fingerprint density at radius 3 is 2.89 bits per heavy atom. The zero-order chi connectivity index (χ0) is 14.3. The van der Waals surface area contributed by atoms with E-state index in [4.69, 9.17) is 10.2 Å². The van der Waals surface area contributed by atoms with Gasteiger partial charge in [0.2, 0.25) is 5.91 Å². The highest BCUT2D eigenvalue weighted by atomic mass is 32.2. The van der Waals surface area contributed by atoms with Crippen molar-refractivity contribution in [2.24, 2.45) is 5.73 Å². The van der Waals surface area contributed by atoms with Crippen LogP contribution in [0.4, 0.5) is 0 Å². The van der Waals surface area contributed by atoms with Crippen molar-refractivity contribution in [1.82, 2.24) is 5.32 Å². The van der Waals surface area contributed by atoms with Crippen LogP contribution >= 0.6 is 11.8 Å². The average Bonchev–Trinajstić information content (AvgIpc) is 2.87. The van der Waals surface area contributed by atoms with E-state index < -0.39 is 5.54 Å². The summed E-state index contributed by atoms with van der Waals surface area (Å²) in [4.78, 5) is 11.6. The summed E-state index contributed by atoms with van der Waals surface area (Å²) in [5, 5.41) is 3.58. The highest BCUT2D eigenvalue weighted by molar-refractivity contribution is 7.99. The fourth-order valence-electron chi connectivity index (χ4n) is 1.91. The molecule has 0 radical (unpaired) electrons. The summed E-state index contributed by atoms with van der Waals surface area (Å²) in [7, 11) is 0. The van der Waals surface area contributed by atoms with Crippen LogP contribution < -0.4 is 11.1 Å². The molecule has 0 aliphatic rings. The molecule has 3 N–H and O–H groups in total. The minimum Gasteiger partial charge on any atom is -0.468 e. The van der Waals surface area contributed by atoms with Crippen molar-refractivity contribution in [3.63, 3.8) is 0 Å². The molecule has 0 bridgehead atoms. The summed E-state index contributed by atoms with van der Waals surface area (Å²) in [5.41, 5.74) is 4.89. The third-order valence-electron chi connectivity index (χ3n) is 3.09. The number of hydrogen-bond acceptors (Lipinski definition) is 4. The van der Waals surface area contributed by atoms with Gasteiger partial charge in [0.25, 0.3) is 0 Å². The molecular weight excluding hydrogens is 260 g/mol. The Kier molecular flexibility index (Phi) is 6.45. The van der Waals surface area contributed by atoms with Gasteiger partial charge in [0.15, 0.2) is 0 Å². The molecule has 2 unspecified atom stereocenters. The number of rotatable bonds is 9. The lowest BCUT2D eigenvalue weighted by molar-refractivity contribution is -0.124. The number of nitrogens with one attached hydrogen (secondary N) is 1. The fourth-order valence-corrected chi connectivity index (χ4v) is 2.98. The lowest BCUT2D eigenvalue weighted by atomic mass is 9.95. The van der Waals surface area contributed by atoms with Crippen molar-refractivity contribution < 1.29 is 9.21 Å². The lowest BCUT2D eigenvalue weighted by Gasteiger charge is -2.30. The molecule has 1 aromatic rings. The Morgan fingerprint density at radius 2 is 2.37 bits per heavy atom. The van der Waals surface area contributed by atoms with Crippen molar-refractivity contribution in [1.29, 1.82) is 0 Å². The Balaban J connectivity index is 2.46. The number of amides is 1. The first-order chi connectivity index (χ1) is 8.98. The molecule has 0 aromatic carbocycles. The van der Waals surface area contributed by atoms with E-state index in [-0.39, 0.29) is 5.91 Å². The van der Waals surface area contributed by atoms with Crippen molar-refractivity contribution in [2.75, 3.05) is 6.54 Å². The standard InChI is InChI=1S/C14H24N2O2S/c1-4-7-16-14(3,13(15)17)9-11(2)19-10-12-6-5-8-18-12/h5-6,8,11,16H,4,7,9-10H2,1-3H3,(H2,15,17). The van der Waals surface area contributed by atoms with Crippen LogP contribution in [-0.2, 0) is 10.5 Å². The Morgan fingerprint density at radius 1 is 1.63 bits per heavy atom. The minimum atomic E-state index is -0.633. The van der Waals surface area contributed by atoms with Gasteiger partial charge >= 0.3 is 0 Å². The van der Waals surface area contributed by atoms with Gasteiger partial charge in [0.05, 0.1) is 17.6 Å². The number of thioether (sulfide) groups is 1.